The van der Waals surface area contributed by atoms with Crippen LogP contribution < -0.4 is 5.32 Å². The third-order valence-corrected chi connectivity index (χ3v) is 4.03. The normalized spacial score (nSPS) is 24.6. The van der Waals surface area contributed by atoms with Crippen molar-refractivity contribution in [2.75, 3.05) is 39.3 Å². The van der Waals surface area contributed by atoms with Crippen LogP contribution in [0.4, 0.5) is 0 Å². The fraction of sp³-hybridized carbons (Fsp3) is 0.929. The molecule has 1 N–H and O–H groups in total. The fourth-order valence-corrected chi connectivity index (χ4v) is 2.96. The second-order valence-corrected chi connectivity index (χ2v) is 5.70. The summed E-state index contributed by atoms with van der Waals surface area (Å²) in [7, 11) is 0. The van der Waals surface area contributed by atoms with Crippen LogP contribution in [0.1, 0.15) is 39.0 Å². The molecular weight excluding hydrogens is 297 g/mol. The molecule has 2 fully saturated rings. The van der Waals surface area contributed by atoms with Crippen LogP contribution in [0.3, 0.4) is 0 Å². The van der Waals surface area contributed by atoms with Gasteiger partial charge in [-0.25, -0.2) is 0 Å². The number of nitrogens with one attached hydrogen (secondary N) is 1. The molecule has 0 aromatic carbocycles. The van der Waals surface area contributed by atoms with E-state index in [1.807, 2.05) is 0 Å². The van der Waals surface area contributed by atoms with Crippen LogP contribution in [0, 0.1) is 0 Å². The summed E-state index contributed by atoms with van der Waals surface area (Å²) in [5.41, 5.74) is 0. The van der Waals surface area contributed by atoms with Gasteiger partial charge in [-0.2, -0.15) is 0 Å². The molecule has 1 atom stereocenters. The van der Waals surface area contributed by atoms with E-state index >= 15 is 0 Å². The van der Waals surface area contributed by atoms with Crippen molar-refractivity contribution in [3.63, 3.8) is 0 Å². The number of nitrogens with zero attached hydrogens (tertiary/aromatic N) is 2. The predicted molar refractivity (Wildman–Crippen MR) is 88.1 cm³/mol. The number of hydrogen-bond donors (Lipinski definition) is 1. The molecule has 6 heteroatoms. The molecule has 0 aliphatic carbocycles. The van der Waals surface area contributed by atoms with Crippen LogP contribution >= 0.6 is 24.8 Å². The van der Waals surface area contributed by atoms with Gasteiger partial charge in [0.1, 0.15) is 0 Å². The van der Waals surface area contributed by atoms with Crippen molar-refractivity contribution >= 4 is 30.7 Å². The first-order valence-corrected chi connectivity index (χ1v) is 7.49. The summed E-state index contributed by atoms with van der Waals surface area (Å²) in [6.45, 7) is 8.47. The summed E-state index contributed by atoms with van der Waals surface area (Å²) < 4.78 is 0. The monoisotopic (exact) mass is 325 g/mol. The lowest BCUT2D eigenvalue weighted by atomic mass is 10.1. The summed E-state index contributed by atoms with van der Waals surface area (Å²) in [6.07, 6.45) is 5.88. The molecule has 0 saturated carbocycles. The number of likely N-dealkylation sites (tertiary alicyclic amines) is 1. The molecule has 2 saturated heterocycles. The lowest BCUT2D eigenvalue weighted by Crippen LogP contribution is -2.39. The van der Waals surface area contributed by atoms with Crippen molar-refractivity contribution in [3.05, 3.63) is 0 Å². The van der Waals surface area contributed by atoms with Crippen LogP contribution in [0.2, 0.25) is 0 Å². The van der Waals surface area contributed by atoms with Gasteiger partial charge in [0.2, 0.25) is 5.91 Å². The van der Waals surface area contributed by atoms with Gasteiger partial charge in [0, 0.05) is 32.1 Å². The zero-order valence-electron chi connectivity index (χ0n) is 12.5. The second-order valence-electron chi connectivity index (χ2n) is 5.70. The Morgan fingerprint density at radius 2 is 1.85 bits per heavy atom. The number of carbonyl (C=O) groups is 1. The van der Waals surface area contributed by atoms with E-state index < -0.39 is 0 Å². The van der Waals surface area contributed by atoms with Crippen molar-refractivity contribution in [1.29, 1.82) is 0 Å². The molecule has 0 bridgehead atoms. The quantitative estimate of drug-likeness (QED) is 0.857. The van der Waals surface area contributed by atoms with Gasteiger partial charge in [0.05, 0.1) is 0 Å². The molecule has 0 aromatic heterocycles. The van der Waals surface area contributed by atoms with Crippen molar-refractivity contribution in [3.8, 4) is 0 Å². The van der Waals surface area contributed by atoms with Crippen LogP contribution in [0.25, 0.3) is 0 Å². The maximum Gasteiger partial charge on any atom is 0.223 e. The largest absolute Gasteiger partial charge is 0.341 e. The van der Waals surface area contributed by atoms with E-state index in [4.69, 9.17) is 0 Å². The van der Waals surface area contributed by atoms with Gasteiger partial charge in [-0.15, -0.1) is 24.8 Å². The predicted octanol–water partition coefficient (Wildman–Crippen LogP) is 1.92. The van der Waals surface area contributed by atoms with Crippen LogP contribution in [0.15, 0.2) is 0 Å². The highest BCUT2D eigenvalue weighted by Crippen LogP contribution is 2.09. The van der Waals surface area contributed by atoms with E-state index in [-0.39, 0.29) is 24.8 Å². The van der Waals surface area contributed by atoms with Gasteiger partial charge < -0.3 is 15.1 Å². The molecule has 0 radical (unpaired) electrons. The fourth-order valence-electron chi connectivity index (χ4n) is 2.96. The van der Waals surface area contributed by atoms with Crippen molar-refractivity contribution in [2.45, 2.75) is 45.1 Å². The van der Waals surface area contributed by atoms with Crippen molar-refractivity contribution in [2.24, 2.45) is 0 Å². The molecule has 1 amide bonds. The van der Waals surface area contributed by atoms with Gasteiger partial charge in [-0.1, -0.05) is 6.42 Å². The van der Waals surface area contributed by atoms with Crippen LogP contribution in [-0.2, 0) is 4.79 Å². The summed E-state index contributed by atoms with van der Waals surface area (Å²) in [5, 5.41) is 3.37. The number of hydrogen-bond acceptors (Lipinski definition) is 3. The van der Waals surface area contributed by atoms with E-state index in [1.165, 1.54) is 32.4 Å². The first-order chi connectivity index (χ1) is 8.75. The van der Waals surface area contributed by atoms with E-state index in [9.17, 15) is 4.79 Å². The molecule has 2 rings (SSSR count). The standard InChI is InChI=1S/C14H27N3O.2ClH/c1-13-12-17(14(18)6-7-15-13)11-5-10-16-8-3-2-4-9-16;;/h13,15H,2-12H2,1H3;2*1H/t13-;;/m1../s1. The summed E-state index contributed by atoms with van der Waals surface area (Å²) >= 11 is 0. The van der Waals surface area contributed by atoms with Gasteiger partial charge in [0.25, 0.3) is 0 Å². The number of amides is 1. The Kier molecular flexibility index (Phi) is 10.6. The van der Waals surface area contributed by atoms with Crippen LogP contribution in [0.5, 0.6) is 0 Å². The lowest BCUT2D eigenvalue weighted by molar-refractivity contribution is -0.130. The first-order valence-electron chi connectivity index (χ1n) is 7.49. The highest BCUT2D eigenvalue weighted by molar-refractivity contribution is 5.85. The lowest BCUT2D eigenvalue weighted by Gasteiger charge is -2.28. The minimum absolute atomic E-state index is 0. The molecule has 2 aliphatic heterocycles. The Labute approximate surface area is 135 Å². The Morgan fingerprint density at radius 1 is 1.15 bits per heavy atom. The third kappa shape index (κ3) is 6.61. The highest BCUT2D eigenvalue weighted by atomic mass is 35.5. The molecule has 0 aromatic rings. The zero-order valence-corrected chi connectivity index (χ0v) is 14.1. The smallest absolute Gasteiger partial charge is 0.223 e. The van der Waals surface area contributed by atoms with Crippen molar-refractivity contribution < 1.29 is 4.79 Å². The molecule has 0 unspecified atom stereocenters. The molecule has 20 heavy (non-hydrogen) atoms. The Morgan fingerprint density at radius 3 is 2.55 bits per heavy atom. The maximum atomic E-state index is 11.9. The average molecular weight is 326 g/mol. The van der Waals surface area contributed by atoms with Gasteiger partial charge >= 0.3 is 0 Å². The zero-order chi connectivity index (χ0) is 12.8. The summed E-state index contributed by atoms with van der Waals surface area (Å²) in [6, 6.07) is 0.437. The van der Waals surface area contributed by atoms with Gasteiger partial charge in [-0.3, -0.25) is 4.79 Å². The number of piperidine rings is 1. The van der Waals surface area contributed by atoms with E-state index in [0.717, 1.165) is 32.6 Å². The van der Waals surface area contributed by atoms with E-state index in [2.05, 4.69) is 22.0 Å². The molecular formula is C14H29Cl2N3O. The molecule has 0 spiro atoms. The number of carbonyl (C=O) groups excluding carboxylic acids is 1. The Bertz CT molecular complexity index is 273. The van der Waals surface area contributed by atoms with Crippen LogP contribution in [-0.4, -0.2) is 61.0 Å². The topological polar surface area (TPSA) is 35.6 Å². The average Bonchev–Trinajstić information content (AvgIpc) is 2.53. The Hall–Kier alpha value is -0.0300. The minimum Gasteiger partial charge on any atom is -0.341 e. The molecule has 120 valence electrons. The molecule has 2 heterocycles. The number of rotatable bonds is 4. The molecule has 2 aliphatic rings. The third-order valence-electron chi connectivity index (χ3n) is 4.03. The number of halogens is 2. The molecule has 4 nitrogen and oxygen atoms in total. The highest BCUT2D eigenvalue weighted by Gasteiger charge is 2.20. The maximum absolute atomic E-state index is 11.9. The van der Waals surface area contributed by atoms with E-state index in [0.29, 0.717) is 18.4 Å². The van der Waals surface area contributed by atoms with Gasteiger partial charge in [-0.05, 0) is 45.8 Å². The van der Waals surface area contributed by atoms with E-state index in [1.54, 1.807) is 0 Å². The first kappa shape index (κ1) is 20.0. The second kappa shape index (κ2) is 10.7. The van der Waals surface area contributed by atoms with Gasteiger partial charge in [0.15, 0.2) is 0 Å². The summed E-state index contributed by atoms with van der Waals surface area (Å²) in [4.78, 5) is 16.5. The Balaban J connectivity index is 0.00000180. The summed E-state index contributed by atoms with van der Waals surface area (Å²) in [5.74, 6) is 0.325. The van der Waals surface area contributed by atoms with Crippen molar-refractivity contribution in [1.82, 2.24) is 15.1 Å². The SMILES string of the molecule is C[C@@H]1CN(CCCN2CCCCC2)C(=O)CCN1.Cl.Cl. The minimum atomic E-state index is 0.